The van der Waals surface area contributed by atoms with E-state index in [-0.39, 0.29) is 11.9 Å². The van der Waals surface area contributed by atoms with Gasteiger partial charge in [-0.3, -0.25) is 9.69 Å². The summed E-state index contributed by atoms with van der Waals surface area (Å²) in [6, 6.07) is 14.6. The molecule has 29 heavy (non-hydrogen) atoms. The van der Waals surface area contributed by atoms with Crippen LogP contribution in [-0.2, 0) is 11.3 Å². The molecule has 1 aliphatic heterocycles. The quantitative estimate of drug-likeness (QED) is 0.783. The summed E-state index contributed by atoms with van der Waals surface area (Å²) in [6.07, 6.45) is 0. The number of hydrogen-bond donors (Lipinski definition) is 1. The Morgan fingerprint density at radius 3 is 2.38 bits per heavy atom. The Kier molecular flexibility index (Phi) is 7.36. The third kappa shape index (κ3) is 5.85. The maximum absolute atomic E-state index is 12.5. The van der Waals surface area contributed by atoms with Gasteiger partial charge in [0.1, 0.15) is 0 Å². The maximum Gasteiger partial charge on any atom is 0.317 e. The molecule has 0 spiro atoms. The molecule has 6 nitrogen and oxygen atoms in total. The highest BCUT2D eigenvalue weighted by atomic mass is 35.5. The van der Waals surface area contributed by atoms with E-state index >= 15 is 0 Å². The number of para-hydroxylation sites is 1. The van der Waals surface area contributed by atoms with E-state index in [4.69, 9.17) is 23.2 Å². The fraction of sp³-hybridized carbons (Fsp3) is 0.333. The normalized spacial score (nSPS) is 14.5. The molecule has 0 saturated carbocycles. The summed E-state index contributed by atoms with van der Waals surface area (Å²) in [7, 11) is 1.78. The van der Waals surface area contributed by atoms with Gasteiger partial charge in [0.2, 0.25) is 5.91 Å². The van der Waals surface area contributed by atoms with Crippen LogP contribution in [-0.4, -0.2) is 61.5 Å². The standard InChI is InChI=1S/C21H24Cl2N4O2/c1-25(18-5-3-2-4-6-18)20(28)15-26-9-11-27(12-10-26)21(29)24-14-16-7-8-17(22)13-19(16)23/h2-8,13H,9-12,14-15H2,1H3,(H,24,29). The van der Waals surface area contributed by atoms with E-state index < -0.39 is 0 Å². The summed E-state index contributed by atoms with van der Waals surface area (Å²) in [5.74, 6) is 0.0338. The van der Waals surface area contributed by atoms with Crippen LogP contribution in [0.3, 0.4) is 0 Å². The molecule has 1 fully saturated rings. The fourth-order valence-electron chi connectivity index (χ4n) is 3.15. The van der Waals surface area contributed by atoms with Gasteiger partial charge < -0.3 is 15.1 Å². The number of amides is 3. The lowest BCUT2D eigenvalue weighted by Crippen LogP contribution is -2.53. The van der Waals surface area contributed by atoms with Crippen molar-refractivity contribution in [2.45, 2.75) is 6.54 Å². The Bertz CT molecular complexity index is 855. The molecule has 0 unspecified atom stereocenters. The molecule has 1 heterocycles. The summed E-state index contributed by atoms with van der Waals surface area (Å²) >= 11 is 12.0. The van der Waals surface area contributed by atoms with E-state index in [2.05, 4.69) is 10.2 Å². The third-order valence-corrected chi connectivity index (χ3v) is 5.57. The predicted octanol–water partition coefficient (Wildman–Crippen LogP) is 3.48. The van der Waals surface area contributed by atoms with Crippen LogP contribution in [0.15, 0.2) is 48.5 Å². The number of piperazine rings is 1. The van der Waals surface area contributed by atoms with Crippen LogP contribution in [0.4, 0.5) is 10.5 Å². The lowest BCUT2D eigenvalue weighted by atomic mass is 10.2. The van der Waals surface area contributed by atoms with Crippen LogP contribution in [0.1, 0.15) is 5.56 Å². The molecule has 2 aromatic carbocycles. The van der Waals surface area contributed by atoms with Gasteiger partial charge in [-0.2, -0.15) is 0 Å². The van der Waals surface area contributed by atoms with Crippen molar-refractivity contribution in [1.82, 2.24) is 15.1 Å². The average molecular weight is 435 g/mol. The molecule has 1 saturated heterocycles. The van der Waals surface area contributed by atoms with E-state index in [0.717, 1.165) is 11.3 Å². The Balaban J connectivity index is 1.43. The van der Waals surface area contributed by atoms with Crippen LogP contribution in [0, 0.1) is 0 Å². The lowest BCUT2D eigenvalue weighted by molar-refractivity contribution is -0.119. The number of halogens is 2. The molecule has 154 valence electrons. The molecule has 0 bridgehead atoms. The minimum Gasteiger partial charge on any atom is -0.334 e. The molecule has 1 N–H and O–H groups in total. The molecule has 3 rings (SSSR count). The van der Waals surface area contributed by atoms with Crippen molar-refractivity contribution in [3.8, 4) is 0 Å². The molecule has 0 aliphatic carbocycles. The fourth-order valence-corrected chi connectivity index (χ4v) is 3.63. The minimum absolute atomic E-state index is 0.0338. The second kappa shape index (κ2) is 9.96. The van der Waals surface area contributed by atoms with E-state index in [9.17, 15) is 9.59 Å². The number of carbonyl (C=O) groups is 2. The molecule has 0 aromatic heterocycles. The highest BCUT2D eigenvalue weighted by Crippen LogP contribution is 2.20. The smallest absolute Gasteiger partial charge is 0.317 e. The number of hydrogen-bond acceptors (Lipinski definition) is 3. The first-order valence-corrected chi connectivity index (χ1v) is 10.2. The molecular formula is C21H24Cl2N4O2. The highest BCUT2D eigenvalue weighted by Gasteiger charge is 2.23. The summed E-state index contributed by atoms with van der Waals surface area (Å²) in [4.78, 5) is 30.4. The van der Waals surface area contributed by atoms with Gasteiger partial charge in [0.15, 0.2) is 0 Å². The second-order valence-electron chi connectivity index (χ2n) is 6.95. The van der Waals surface area contributed by atoms with Gasteiger partial charge in [0.25, 0.3) is 0 Å². The van der Waals surface area contributed by atoms with Crippen molar-refractivity contribution in [2.24, 2.45) is 0 Å². The third-order valence-electron chi connectivity index (χ3n) is 4.98. The van der Waals surface area contributed by atoms with E-state index in [1.165, 1.54) is 0 Å². The first-order valence-electron chi connectivity index (χ1n) is 9.44. The summed E-state index contributed by atoms with van der Waals surface area (Å²) in [5, 5.41) is 3.98. The molecule has 8 heteroatoms. The Hall–Kier alpha value is -2.28. The monoisotopic (exact) mass is 434 g/mol. The van der Waals surface area contributed by atoms with Crippen LogP contribution >= 0.6 is 23.2 Å². The lowest BCUT2D eigenvalue weighted by Gasteiger charge is -2.35. The van der Waals surface area contributed by atoms with Crippen molar-refractivity contribution in [3.63, 3.8) is 0 Å². The van der Waals surface area contributed by atoms with Crippen LogP contribution in [0.2, 0.25) is 10.0 Å². The zero-order chi connectivity index (χ0) is 20.8. The highest BCUT2D eigenvalue weighted by molar-refractivity contribution is 6.35. The van der Waals surface area contributed by atoms with Crippen molar-refractivity contribution in [3.05, 3.63) is 64.1 Å². The Morgan fingerprint density at radius 1 is 1.03 bits per heavy atom. The second-order valence-corrected chi connectivity index (χ2v) is 7.79. The van der Waals surface area contributed by atoms with Gasteiger partial charge in [0, 0.05) is 55.5 Å². The SMILES string of the molecule is CN(C(=O)CN1CCN(C(=O)NCc2ccc(Cl)cc2Cl)CC1)c1ccccc1. The van der Waals surface area contributed by atoms with Crippen LogP contribution < -0.4 is 10.2 Å². The number of nitrogens with one attached hydrogen (secondary N) is 1. The number of anilines is 1. The predicted molar refractivity (Wildman–Crippen MR) is 117 cm³/mol. The molecule has 3 amide bonds. The van der Waals surface area contributed by atoms with E-state index in [0.29, 0.717) is 49.3 Å². The molecule has 0 atom stereocenters. The van der Waals surface area contributed by atoms with Crippen LogP contribution in [0.5, 0.6) is 0 Å². The Morgan fingerprint density at radius 2 is 1.72 bits per heavy atom. The minimum atomic E-state index is -0.136. The van der Waals surface area contributed by atoms with Crippen LogP contribution in [0.25, 0.3) is 0 Å². The molecule has 1 aliphatic rings. The van der Waals surface area contributed by atoms with Gasteiger partial charge in [-0.1, -0.05) is 47.5 Å². The number of urea groups is 1. The van der Waals surface area contributed by atoms with Crippen molar-refractivity contribution in [2.75, 3.05) is 44.7 Å². The van der Waals surface area contributed by atoms with E-state index in [1.807, 2.05) is 30.3 Å². The topological polar surface area (TPSA) is 55.9 Å². The number of benzene rings is 2. The van der Waals surface area contributed by atoms with Crippen molar-refractivity contribution < 1.29 is 9.59 Å². The van der Waals surface area contributed by atoms with Gasteiger partial charge in [-0.05, 0) is 29.8 Å². The maximum atomic E-state index is 12.5. The summed E-state index contributed by atoms with van der Waals surface area (Å²) < 4.78 is 0. The molecule has 0 radical (unpaired) electrons. The number of carbonyl (C=O) groups excluding carboxylic acids is 2. The van der Waals surface area contributed by atoms with E-state index in [1.54, 1.807) is 35.0 Å². The summed E-state index contributed by atoms with van der Waals surface area (Å²) in [6.45, 7) is 3.13. The number of nitrogens with zero attached hydrogens (tertiary/aromatic N) is 3. The van der Waals surface area contributed by atoms with Crippen molar-refractivity contribution >= 4 is 40.8 Å². The summed E-state index contributed by atoms with van der Waals surface area (Å²) in [5.41, 5.74) is 1.69. The van der Waals surface area contributed by atoms with Gasteiger partial charge in [0.05, 0.1) is 6.54 Å². The van der Waals surface area contributed by atoms with Crippen molar-refractivity contribution in [1.29, 1.82) is 0 Å². The average Bonchev–Trinajstić information content (AvgIpc) is 2.73. The molecular weight excluding hydrogens is 411 g/mol. The first-order chi connectivity index (χ1) is 13.9. The first kappa shape index (κ1) is 21.4. The number of likely N-dealkylation sites (N-methyl/N-ethyl adjacent to an activating group) is 1. The molecule has 2 aromatic rings. The van der Waals surface area contributed by atoms with Gasteiger partial charge >= 0.3 is 6.03 Å². The Labute approximate surface area is 181 Å². The number of rotatable bonds is 5. The van der Waals surface area contributed by atoms with Gasteiger partial charge in [-0.25, -0.2) is 4.79 Å². The zero-order valence-electron chi connectivity index (χ0n) is 16.3. The van der Waals surface area contributed by atoms with Gasteiger partial charge in [-0.15, -0.1) is 0 Å². The largest absolute Gasteiger partial charge is 0.334 e. The zero-order valence-corrected chi connectivity index (χ0v) is 17.8.